The van der Waals surface area contributed by atoms with Crippen LogP contribution in [0.15, 0.2) is 0 Å². The first-order valence-corrected chi connectivity index (χ1v) is 2.66. The first kappa shape index (κ1) is 5.04. The summed E-state index contributed by atoms with van der Waals surface area (Å²) in [7, 11) is 0. The van der Waals surface area contributed by atoms with Crippen molar-refractivity contribution < 1.29 is 4.39 Å². The van der Waals surface area contributed by atoms with Crippen molar-refractivity contribution in [1.82, 2.24) is 5.32 Å². The van der Waals surface area contributed by atoms with Gasteiger partial charge in [0, 0.05) is 6.54 Å². The van der Waals surface area contributed by atoms with Crippen molar-refractivity contribution in [1.29, 1.82) is 0 Å². The molecule has 1 nitrogen and oxygen atoms in total. The summed E-state index contributed by atoms with van der Waals surface area (Å²) in [5.74, 6) is 0.537. The lowest BCUT2D eigenvalue weighted by atomic mass is 10.2. The summed E-state index contributed by atoms with van der Waals surface area (Å²) in [5.41, 5.74) is 0. The van der Waals surface area contributed by atoms with Crippen LogP contribution in [0, 0.1) is 5.92 Å². The largest absolute Gasteiger partial charge is 0.288 e. The van der Waals surface area contributed by atoms with E-state index in [1.807, 2.05) is 6.92 Å². The highest BCUT2D eigenvalue weighted by atomic mass is 19.1. The minimum Gasteiger partial charge on any atom is -0.288 e. The van der Waals surface area contributed by atoms with Gasteiger partial charge in [-0.15, -0.1) is 0 Å². The van der Waals surface area contributed by atoms with Crippen molar-refractivity contribution in [3.63, 3.8) is 0 Å². The Labute approximate surface area is 42.9 Å². The van der Waals surface area contributed by atoms with Gasteiger partial charge in [0.05, 0.1) is 0 Å². The zero-order valence-electron chi connectivity index (χ0n) is 4.45. The number of rotatable bonds is 0. The molecule has 0 aromatic rings. The molecule has 0 saturated carbocycles. The van der Waals surface area contributed by atoms with E-state index in [1.165, 1.54) is 0 Å². The molecule has 1 aliphatic heterocycles. The summed E-state index contributed by atoms with van der Waals surface area (Å²) in [6.07, 6.45) is -0.0324. The predicted molar refractivity (Wildman–Crippen MR) is 26.7 cm³/mol. The van der Waals surface area contributed by atoms with E-state index in [9.17, 15) is 4.39 Å². The normalized spacial score (nSPS) is 42.0. The number of halogens is 1. The van der Waals surface area contributed by atoms with Gasteiger partial charge in [0.25, 0.3) is 0 Å². The molecular weight excluding hydrogens is 93.1 g/mol. The Morgan fingerprint density at radius 1 is 1.71 bits per heavy atom. The van der Waals surface area contributed by atoms with Crippen molar-refractivity contribution in [2.45, 2.75) is 19.6 Å². The van der Waals surface area contributed by atoms with Crippen LogP contribution in [0.2, 0.25) is 0 Å². The van der Waals surface area contributed by atoms with Crippen LogP contribution in [0.5, 0.6) is 0 Å². The monoisotopic (exact) mass is 103 g/mol. The predicted octanol–water partition coefficient (Wildman–Crippen LogP) is 0.911. The highest BCUT2D eigenvalue weighted by Crippen LogP contribution is 2.12. The lowest BCUT2D eigenvalue weighted by Crippen LogP contribution is -2.15. The van der Waals surface area contributed by atoms with E-state index in [0.717, 1.165) is 6.54 Å². The van der Waals surface area contributed by atoms with Crippen LogP contribution in [0.3, 0.4) is 0 Å². The van der Waals surface area contributed by atoms with E-state index < -0.39 is 6.30 Å². The van der Waals surface area contributed by atoms with Gasteiger partial charge in [0.2, 0.25) is 0 Å². The highest BCUT2D eigenvalue weighted by molar-refractivity contribution is 4.70. The maximum absolute atomic E-state index is 12.1. The second-order valence-electron chi connectivity index (χ2n) is 2.22. The van der Waals surface area contributed by atoms with E-state index in [0.29, 0.717) is 12.3 Å². The van der Waals surface area contributed by atoms with Crippen LogP contribution in [0.25, 0.3) is 0 Å². The van der Waals surface area contributed by atoms with E-state index in [2.05, 4.69) is 5.32 Å². The molecule has 2 atom stereocenters. The molecule has 0 aliphatic carbocycles. The smallest absolute Gasteiger partial charge is 0.151 e. The molecule has 2 heteroatoms. The molecule has 1 N–H and O–H groups in total. The molecule has 1 fully saturated rings. The second kappa shape index (κ2) is 1.78. The standard InChI is InChI=1S/C5H10FN/c1-4-2-5(6)7-3-4/h4-5,7H,2-3H2,1H3. The van der Waals surface area contributed by atoms with E-state index in [4.69, 9.17) is 0 Å². The minimum atomic E-state index is -0.727. The van der Waals surface area contributed by atoms with Crippen LogP contribution in [0.4, 0.5) is 4.39 Å². The Hall–Kier alpha value is -0.110. The average molecular weight is 103 g/mol. The molecule has 7 heavy (non-hydrogen) atoms. The van der Waals surface area contributed by atoms with Gasteiger partial charge >= 0.3 is 0 Å². The Kier molecular flexibility index (Phi) is 1.28. The van der Waals surface area contributed by atoms with Crippen LogP contribution in [0.1, 0.15) is 13.3 Å². The molecule has 2 unspecified atom stereocenters. The zero-order valence-corrected chi connectivity index (χ0v) is 4.45. The van der Waals surface area contributed by atoms with Gasteiger partial charge in [-0.05, 0) is 12.3 Å². The molecule has 1 aliphatic rings. The zero-order chi connectivity index (χ0) is 5.28. The molecule has 0 aromatic heterocycles. The molecule has 0 spiro atoms. The van der Waals surface area contributed by atoms with Gasteiger partial charge in [-0.2, -0.15) is 0 Å². The topological polar surface area (TPSA) is 12.0 Å². The third-order valence-corrected chi connectivity index (χ3v) is 1.30. The van der Waals surface area contributed by atoms with Gasteiger partial charge in [0.15, 0.2) is 6.30 Å². The molecule has 42 valence electrons. The number of hydrogen-bond donors (Lipinski definition) is 1. The fraction of sp³-hybridized carbons (Fsp3) is 1.00. The van der Waals surface area contributed by atoms with Crippen molar-refractivity contribution in [2.75, 3.05) is 6.54 Å². The van der Waals surface area contributed by atoms with Crippen LogP contribution in [-0.4, -0.2) is 12.8 Å². The molecule has 0 radical (unpaired) electrons. The number of alkyl halides is 1. The molecule has 1 saturated heterocycles. The molecule has 1 rings (SSSR count). The van der Waals surface area contributed by atoms with Gasteiger partial charge in [0.1, 0.15) is 0 Å². The fourth-order valence-electron chi connectivity index (χ4n) is 0.849. The van der Waals surface area contributed by atoms with Crippen molar-refractivity contribution in [2.24, 2.45) is 5.92 Å². The summed E-state index contributed by atoms with van der Waals surface area (Å²) < 4.78 is 12.1. The summed E-state index contributed by atoms with van der Waals surface area (Å²) in [6, 6.07) is 0. The summed E-state index contributed by atoms with van der Waals surface area (Å²) >= 11 is 0. The van der Waals surface area contributed by atoms with E-state index >= 15 is 0 Å². The summed E-state index contributed by atoms with van der Waals surface area (Å²) in [6.45, 7) is 2.90. The second-order valence-corrected chi connectivity index (χ2v) is 2.22. The van der Waals surface area contributed by atoms with Crippen molar-refractivity contribution in [3.8, 4) is 0 Å². The molecule has 0 aromatic carbocycles. The van der Waals surface area contributed by atoms with Crippen molar-refractivity contribution >= 4 is 0 Å². The lowest BCUT2D eigenvalue weighted by Gasteiger charge is -1.91. The Bertz CT molecular complexity index is 57.1. The fourth-order valence-corrected chi connectivity index (χ4v) is 0.849. The Morgan fingerprint density at radius 3 is 2.57 bits per heavy atom. The third kappa shape index (κ3) is 1.13. The maximum Gasteiger partial charge on any atom is 0.151 e. The van der Waals surface area contributed by atoms with Gasteiger partial charge < -0.3 is 0 Å². The molecule has 0 bridgehead atoms. The minimum absolute atomic E-state index is 0.537. The highest BCUT2D eigenvalue weighted by Gasteiger charge is 2.18. The first-order valence-electron chi connectivity index (χ1n) is 2.66. The van der Waals surface area contributed by atoms with Crippen LogP contribution >= 0.6 is 0 Å². The third-order valence-electron chi connectivity index (χ3n) is 1.30. The van der Waals surface area contributed by atoms with Crippen molar-refractivity contribution in [3.05, 3.63) is 0 Å². The number of nitrogens with one attached hydrogen (secondary N) is 1. The number of hydrogen-bond acceptors (Lipinski definition) is 1. The Balaban J connectivity index is 2.26. The van der Waals surface area contributed by atoms with Gasteiger partial charge in [-0.3, -0.25) is 5.32 Å². The van der Waals surface area contributed by atoms with E-state index in [-0.39, 0.29) is 0 Å². The van der Waals surface area contributed by atoms with Gasteiger partial charge in [-0.25, -0.2) is 4.39 Å². The lowest BCUT2D eigenvalue weighted by molar-refractivity contribution is 0.305. The summed E-state index contributed by atoms with van der Waals surface area (Å²) in [4.78, 5) is 0. The quantitative estimate of drug-likeness (QED) is 0.449. The van der Waals surface area contributed by atoms with Crippen LogP contribution in [-0.2, 0) is 0 Å². The SMILES string of the molecule is CC1CNC(F)C1. The average Bonchev–Trinajstić information content (AvgIpc) is 1.87. The molecule has 1 heterocycles. The molecular formula is C5H10FN. The summed E-state index contributed by atoms with van der Waals surface area (Å²) in [5, 5.41) is 2.70. The molecule has 0 amide bonds. The maximum atomic E-state index is 12.1. The first-order chi connectivity index (χ1) is 3.29. The van der Waals surface area contributed by atoms with E-state index in [1.54, 1.807) is 0 Å². The van der Waals surface area contributed by atoms with Crippen LogP contribution < -0.4 is 5.32 Å². The van der Waals surface area contributed by atoms with Gasteiger partial charge in [-0.1, -0.05) is 6.92 Å². The Morgan fingerprint density at radius 2 is 2.43 bits per heavy atom.